The van der Waals surface area contributed by atoms with Crippen molar-refractivity contribution in [2.75, 3.05) is 0 Å². The van der Waals surface area contributed by atoms with Gasteiger partial charge in [-0.25, -0.2) is 4.98 Å². The maximum absolute atomic E-state index is 13.1. The van der Waals surface area contributed by atoms with Crippen molar-refractivity contribution < 1.29 is 17.9 Å². The van der Waals surface area contributed by atoms with E-state index in [-0.39, 0.29) is 18.4 Å². The third-order valence-corrected chi connectivity index (χ3v) is 3.49. The van der Waals surface area contributed by atoms with Crippen molar-refractivity contribution in [1.29, 1.82) is 0 Å². The highest BCUT2D eigenvalue weighted by molar-refractivity contribution is 7.09. The Bertz CT molecular complexity index is 582. The van der Waals surface area contributed by atoms with Crippen molar-refractivity contribution >= 4 is 11.3 Å². The lowest BCUT2D eigenvalue weighted by Gasteiger charge is -2.15. The molecule has 1 aromatic carbocycles. The maximum Gasteiger partial charge on any atom is 0.419 e. The molecule has 0 spiro atoms. The zero-order valence-electron chi connectivity index (χ0n) is 11.4. The molecular weight excluding hydrogens is 301 g/mol. The van der Waals surface area contributed by atoms with Crippen LogP contribution in [0.2, 0.25) is 0 Å². The second-order valence-electron chi connectivity index (χ2n) is 4.72. The molecule has 2 N–H and O–H groups in total. The Labute approximate surface area is 124 Å². The molecule has 0 amide bonds. The Morgan fingerprint density at radius 1 is 1.38 bits per heavy atom. The Morgan fingerprint density at radius 3 is 2.71 bits per heavy atom. The third-order valence-electron chi connectivity index (χ3n) is 2.74. The fourth-order valence-corrected chi connectivity index (χ4v) is 2.41. The quantitative estimate of drug-likeness (QED) is 0.916. The van der Waals surface area contributed by atoms with Crippen molar-refractivity contribution in [3.63, 3.8) is 0 Å². The van der Waals surface area contributed by atoms with Crippen molar-refractivity contribution in [1.82, 2.24) is 4.98 Å². The fraction of sp³-hybridized carbons (Fsp3) is 0.357. The standard InChI is InChI=1S/C14H15F3N2OS/c1-9(18)6-10-2-3-12(11(7-10)14(15,16)17)20-8-13-19-4-5-21-13/h2-5,7,9H,6,8,18H2,1H3. The number of rotatable bonds is 5. The summed E-state index contributed by atoms with van der Waals surface area (Å²) in [7, 11) is 0. The number of nitrogens with two attached hydrogens (primary N) is 1. The molecule has 0 aliphatic rings. The van der Waals surface area contributed by atoms with Gasteiger partial charge in [0, 0.05) is 17.6 Å². The summed E-state index contributed by atoms with van der Waals surface area (Å²) in [6, 6.07) is 3.85. The summed E-state index contributed by atoms with van der Waals surface area (Å²) in [5.74, 6) is -0.189. The SMILES string of the molecule is CC(N)Cc1ccc(OCc2nccs2)c(C(F)(F)F)c1. The minimum Gasteiger partial charge on any atom is -0.486 e. The Morgan fingerprint density at radius 2 is 2.14 bits per heavy atom. The molecule has 114 valence electrons. The van der Waals surface area contributed by atoms with E-state index >= 15 is 0 Å². The van der Waals surface area contributed by atoms with Crippen LogP contribution in [0.1, 0.15) is 23.1 Å². The van der Waals surface area contributed by atoms with Crippen molar-refractivity contribution in [3.05, 3.63) is 45.9 Å². The van der Waals surface area contributed by atoms with Gasteiger partial charge in [0.25, 0.3) is 0 Å². The summed E-state index contributed by atoms with van der Waals surface area (Å²) in [4.78, 5) is 3.98. The van der Waals surface area contributed by atoms with Crippen LogP contribution in [0, 0.1) is 0 Å². The summed E-state index contributed by atoms with van der Waals surface area (Å²) in [6.45, 7) is 1.77. The average Bonchev–Trinajstić information content (AvgIpc) is 2.88. The number of nitrogens with zero attached hydrogens (tertiary/aromatic N) is 1. The summed E-state index contributed by atoms with van der Waals surface area (Å²) in [5, 5.41) is 2.37. The molecule has 21 heavy (non-hydrogen) atoms. The first-order valence-electron chi connectivity index (χ1n) is 6.33. The molecule has 0 aliphatic carbocycles. The Hall–Kier alpha value is -1.60. The zero-order valence-corrected chi connectivity index (χ0v) is 12.2. The minimum absolute atomic E-state index is 0.0212. The number of hydrogen-bond donors (Lipinski definition) is 1. The van der Waals surface area contributed by atoms with Gasteiger partial charge in [0.1, 0.15) is 17.4 Å². The number of benzene rings is 1. The first-order chi connectivity index (χ1) is 9.86. The lowest BCUT2D eigenvalue weighted by Crippen LogP contribution is -2.18. The van der Waals surface area contributed by atoms with Gasteiger partial charge in [0.15, 0.2) is 0 Å². The number of aromatic nitrogens is 1. The van der Waals surface area contributed by atoms with Crippen LogP contribution >= 0.6 is 11.3 Å². The predicted molar refractivity (Wildman–Crippen MR) is 75.2 cm³/mol. The Kier molecular flexibility index (Phi) is 4.84. The van der Waals surface area contributed by atoms with E-state index in [0.717, 1.165) is 6.07 Å². The number of alkyl halides is 3. The monoisotopic (exact) mass is 316 g/mol. The van der Waals surface area contributed by atoms with E-state index in [0.29, 0.717) is 17.0 Å². The highest BCUT2D eigenvalue weighted by Gasteiger charge is 2.34. The average molecular weight is 316 g/mol. The molecule has 0 aliphatic heterocycles. The maximum atomic E-state index is 13.1. The second-order valence-corrected chi connectivity index (χ2v) is 5.70. The molecule has 7 heteroatoms. The van der Waals surface area contributed by atoms with Crippen LogP contribution in [0.15, 0.2) is 29.8 Å². The van der Waals surface area contributed by atoms with Gasteiger partial charge in [-0.3, -0.25) is 0 Å². The highest BCUT2D eigenvalue weighted by atomic mass is 32.1. The molecule has 1 unspecified atom stereocenters. The molecule has 1 atom stereocenters. The summed E-state index contributed by atoms with van der Waals surface area (Å²) in [5.41, 5.74) is 5.39. The lowest BCUT2D eigenvalue weighted by molar-refractivity contribution is -0.139. The first-order valence-corrected chi connectivity index (χ1v) is 7.21. The molecule has 0 bridgehead atoms. The summed E-state index contributed by atoms with van der Waals surface area (Å²) < 4.78 is 44.6. The van der Waals surface area contributed by atoms with E-state index < -0.39 is 11.7 Å². The summed E-state index contributed by atoms with van der Waals surface area (Å²) >= 11 is 1.33. The fourth-order valence-electron chi connectivity index (χ4n) is 1.89. The Balaban J connectivity index is 2.22. The number of ether oxygens (including phenoxy) is 1. The predicted octanol–water partition coefficient (Wildman–Crippen LogP) is 3.63. The van der Waals surface area contributed by atoms with Gasteiger partial charge in [0.2, 0.25) is 0 Å². The molecule has 0 radical (unpaired) electrons. The van der Waals surface area contributed by atoms with E-state index in [9.17, 15) is 13.2 Å². The topological polar surface area (TPSA) is 48.1 Å². The minimum atomic E-state index is -4.47. The van der Waals surface area contributed by atoms with Crippen LogP contribution in [0.5, 0.6) is 5.75 Å². The van der Waals surface area contributed by atoms with Gasteiger partial charge in [-0.05, 0) is 31.0 Å². The summed E-state index contributed by atoms with van der Waals surface area (Å²) in [6.07, 6.45) is -2.50. The van der Waals surface area contributed by atoms with Crippen molar-refractivity contribution in [2.24, 2.45) is 5.73 Å². The van der Waals surface area contributed by atoms with Gasteiger partial charge in [-0.15, -0.1) is 11.3 Å². The molecule has 1 aromatic heterocycles. The molecule has 0 fully saturated rings. The van der Waals surface area contributed by atoms with Gasteiger partial charge in [-0.2, -0.15) is 13.2 Å². The van der Waals surface area contributed by atoms with Gasteiger partial charge in [-0.1, -0.05) is 6.07 Å². The van der Waals surface area contributed by atoms with E-state index in [1.54, 1.807) is 24.6 Å². The largest absolute Gasteiger partial charge is 0.486 e. The molecule has 0 saturated carbocycles. The lowest BCUT2D eigenvalue weighted by atomic mass is 10.0. The van der Waals surface area contributed by atoms with E-state index in [2.05, 4.69) is 4.98 Å². The normalized spacial score (nSPS) is 13.2. The van der Waals surface area contributed by atoms with Gasteiger partial charge >= 0.3 is 6.18 Å². The van der Waals surface area contributed by atoms with Crippen LogP contribution in [0.3, 0.4) is 0 Å². The first kappa shape index (κ1) is 15.8. The van der Waals surface area contributed by atoms with Crippen LogP contribution in [-0.2, 0) is 19.2 Å². The van der Waals surface area contributed by atoms with Crippen LogP contribution in [-0.4, -0.2) is 11.0 Å². The number of halogens is 3. The van der Waals surface area contributed by atoms with Gasteiger partial charge in [0.05, 0.1) is 5.56 Å². The molecule has 3 nitrogen and oxygen atoms in total. The smallest absolute Gasteiger partial charge is 0.419 e. The van der Waals surface area contributed by atoms with E-state index in [1.807, 2.05) is 0 Å². The van der Waals surface area contributed by atoms with Crippen LogP contribution in [0.4, 0.5) is 13.2 Å². The molecule has 2 aromatic rings. The zero-order chi connectivity index (χ0) is 15.5. The molecule has 0 saturated heterocycles. The van der Waals surface area contributed by atoms with Crippen LogP contribution < -0.4 is 10.5 Å². The molecular formula is C14H15F3N2OS. The molecule has 1 heterocycles. The van der Waals surface area contributed by atoms with E-state index in [1.165, 1.54) is 17.4 Å². The van der Waals surface area contributed by atoms with Crippen molar-refractivity contribution in [2.45, 2.75) is 32.2 Å². The second kappa shape index (κ2) is 6.44. The molecule has 2 rings (SSSR count). The number of thiazole rings is 1. The van der Waals surface area contributed by atoms with E-state index in [4.69, 9.17) is 10.5 Å². The van der Waals surface area contributed by atoms with Crippen molar-refractivity contribution in [3.8, 4) is 5.75 Å². The number of hydrogen-bond acceptors (Lipinski definition) is 4. The van der Waals surface area contributed by atoms with Gasteiger partial charge < -0.3 is 10.5 Å². The highest BCUT2D eigenvalue weighted by Crippen LogP contribution is 2.37. The third kappa shape index (κ3) is 4.44. The van der Waals surface area contributed by atoms with Crippen LogP contribution in [0.25, 0.3) is 0 Å².